The van der Waals surface area contributed by atoms with Crippen LogP contribution in [0.5, 0.6) is 0 Å². The fraction of sp³-hybridized carbons (Fsp3) is 0.381. The molecule has 1 aliphatic heterocycles. The van der Waals surface area contributed by atoms with Crippen LogP contribution in [0.2, 0.25) is 0 Å². The minimum atomic E-state index is -0.250. The van der Waals surface area contributed by atoms with E-state index in [1.165, 1.54) is 11.8 Å². The molecule has 1 atom stereocenters. The van der Waals surface area contributed by atoms with Gasteiger partial charge in [0.1, 0.15) is 6.26 Å². The van der Waals surface area contributed by atoms with Crippen LogP contribution >= 0.6 is 0 Å². The summed E-state index contributed by atoms with van der Waals surface area (Å²) in [6, 6.07) is 5.92. The van der Waals surface area contributed by atoms with Crippen molar-refractivity contribution in [2.75, 3.05) is 33.2 Å². The third-order valence-corrected chi connectivity index (χ3v) is 5.01. The van der Waals surface area contributed by atoms with Crippen molar-refractivity contribution in [3.63, 3.8) is 0 Å². The average molecular weight is 411 g/mol. The molecule has 9 nitrogen and oxygen atoms in total. The molecule has 0 aromatic carbocycles. The second-order valence-electron chi connectivity index (χ2n) is 7.28. The Balaban J connectivity index is 0.000000806. The number of rotatable bonds is 3. The van der Waals surface area contributed by atoms with Crippen molar-refractivity contribution in [2.24, 2.45) is 5.92 Å². The number of fused-ring (bicyclic) bond motifs is 1. The number of hydrogen-bond acceptors (Lipinski definition) is 7. The molecule has 4 rings (SSSR count). The van der Waals surface area contributed by atoms with Gasteiger partial charge in [0, 0.05) is 45.5 Å². The highest BCUT2D eigenvalue weighted by molar-refractivity contribution is 5.92. The van der Waals surface area contributed by atoms with Crippen LogP contribution in [0.3, 0.4) is 0 Å². The molecule has 0 aliphatic carbocycles. The molecule has 0 bridgehead atoms. The molecule has 30 heavy (non-hydrogen) atoms. The number of amides is 1. The SMILES string of the molecule is Cc1nc(C(=O)N2CCN(C)CC(Cc3ccnc4cccnc34)C2)co1.O=CO. The summed E-state index contributed by atoms with van der Waals surface area (Å²) in [6.45, 7) is 4.64. The molecular formula is C21H25N5O4. The van der Waals surface area contributed by atoms with Gasteiger partial charge in [0.15, 0.2) is 11.6 Å². The van der Waals surface area contributed by atoms with Gasteiger partial charge >= 0.3 is 0 Å². The Hall–Kier alpha value is -3.33. The van der Waals surface area contributed by atoms with Crippen LogP contribution in [-0.4, -0.2) is 75.5 Å². The van der Waals surface area contributed by atoms with Crippen molar-refractivity contribution >= 4 is 23.4 Å². The normalized spacial score (nSPS) is 17.1. The Labute approximate surface area is 174 Å². The Bertz CT molecular complexity index is 1000. The fourth-order valence-electron chi connectivity index (χ4n) is 3.73. The van der Waals surface area contributed by atoms with Crippen molar-refractivity contribution in [2.45, 2.75) is 13.3 Å². The third-order valence-electron chi connectivity index (χ3n) is 5.01. The van der Waals surface area contributed by atoms with E-state index in [2.05, 4.69) is 26.9 Å². The highest BCUT2D eigenvalue weighted by atomic mass is 16.3. The number of nitrogens with zero attached hydrogens (tertiary/aromatic N) is 5. The molecule has 0 saturated carbocycles. The van der Waals surface area contributed by atoms with Gasteiger partial charge in [-0.05, 0) is 43.1 Å². The lowest BCUT2D eigenvalue weighted by Gasteiger charge is -2.23. The first-order valence-electron chi connectivity index (χ1n) is 9.68. The Morgan fingerprint density at radius 1 is 1.27 bits per heavy atom. The largest absolute Gasteiger partial charge is 0.483 e. The van der Waals surface area contributed by atoms with Gasteiger partial charge in [-0.25, -0.2) is 4.98 Å². The van der Waals surface area contributed by atoms with E-state index < -0.39 is 0 Å². The maximum atomic E-state index is 12.8. The van der Waals surface area contributed by atoms with Crippen molar-refractivity contribution in [3.05, 3.63) is 54.0 Å². The highest BCUT2D eigenvalue weighted by Crippen LogP contribution is 2.21. The van der Waals surface area contributed by atoms with Crippen molar-refractivity contribution in [3.8, 4) is 0 Å². The molecule has 1 aliphatic rings. The zero-order chi connectivity index (χ0) is 21.5. The zero-order valence-corrected chi connectivity index (χ0v) is 17.1. The zero-order valence-electron chi connectivity index (χ0n) is 17.1. The first-order chi connectivity index (χ1) is 14.5. The summed E-state index contributed by atoms with van der Waals surface area (Å²) in [6.07, 6.45) is 5.93. The molecule has 4 heterocycles. The quantitative estimate of drug-likeness (QED) is 0.650. The topological polar surface area (TPSA) is 113 Å². The van der Waals surface area contributed by atoms with Crippen molar-refractivity contribution in [1.82, 2.24) is 24.8 Å². The lowest BCUT2D eigenvalue weighted by Crippen LogP contribution is -2.36. The molecule has 1 unspecified atom stereocenters. The molecule has 1 amide bonds. The number of aryl methyl sites for hydroxylation is 1. The van der Waals surface area contributed by atoms with E-state index >= 15 is 0 Å². The van der Waals surface area contributed by atoms with Gasteiger partial charge in [-0.1, -0.05) is 0 Å². The average Bonchev–Trinajstić information content (AvgIpc) is 3.08. The van der Waals surface area contributed by atoms with Gasteiger partial charge < -0.3 is 19.3 Å². The van der Waals surface area contributed by atoms with Crippen LogP contribution in [0, 0.1) is 12.8 Å². The van der Waals surface area contributed by atoms with Crippen LogP contribution in [0.1, 0.15) is 21.9 Å². The van der Waals surface area contributed by atoms with Crippen LogP contribution in [0.15, 0.2) is 41.3 Å². The maximum absolute atomic E-state index is 12.8. The summed E-state index contributed by atoms with van der Waals surface area (Å²) >= 11 is 0. The fourth-order valence-corrected chi connectivity index (χ4v) is 3.73. The summed E-state index contributed by atoms with van der Waals surface area (Å²) in [5.74, 6) is 0.753. The lowest BCUT2D eigenvalue weighted by molar-refractivity contribution is -0.122. The minimum absolute atomic E-state index is 0.0649. The summed E-state index contributed by atoms with van der Waals surface area (Å²) in [7, 11) is 2.10. The summed E-state index contributed by atoms with van der Waals surface area (Å²) in [5, 5.41) is 6.89. The first-order valence-corrected chi connectivity index (χ1v) is 9.68. The molecule has 1 fully saturated rings. The molecule has 3 aromatic heterocycles. The van der Waals surface area contributed by atoms with Gasteiger partial charge in [0.05, 0.1) is 11.0 Å². The highest BCUT2D eigenvalue weighted by Gasteiger charge is 2.27. The molecule has 0 radical (unpaired) electrons. The van der Waals surface area contributed by atoms with Crippen LogP contribution < -0.4 is 0 Å². The molecule has 3 aromatic rings. The van der Waals surface area contributed by atoms with E-state index in [0.717, 1.165) is 30.5 Å². The third kappa shape index (κ3) is 5.18. The number of likely N-dealkylation sites (N-methyl/N-ethyl adjacent to an activating group) is 1. The summed E-state index contributed by atoms with van der Waals surface area (Å²) in [4.78, 5) is 38.5. The van der Waals surface area contributed by atoms with Crippen LogP contribution in [0.25, 0.3) is 11.0 Å². The number of carbonyl (C=O) groups excluding carboxylic acids is 1. The van der Waals surface area contributed by atoms with E-state index in [1.807, 2.05) is 29.3 Å². The van der Waals surface area contributed by atoms with Gasteiger partial charge in [-0.2, -0.15) is 0 Å². The summed E-state index contributed by atoms with van der Waals surface area (Å²) in [5.41, 5.74) is 3.40. The van der Waals surface area contributed by atoms with Crippen LogP contribution in [-0.2, 0) is 11.2 Å². The van der Waals surface area contributed by atoms with Gasteiger partial charge in [0.25, 0.3) is 12.4 Å². The van der Waals surface area contributed by atoms with E-state index in [9.17, 15) is 4.79 Å². The molecular weight excluding hydrogens is 386 g/mol. The Kier molecular flexibility index (Phi) is 7.08. The molecule has 9 heteroatoms. The maximum Gasteiger partial charge on any atom is 0.290 e. The Morgan fingerprint density at radius 2 is 2.07 bits per heavy atom. The van der Waals surface area contributed by atoms with Crippen molar-refractivity contribution in [1.29, 1.82) is 0 Å². The number of carbonyl (C=O) groups is 2. The molecule has 0 spiro atoms. The number of hydrogen-bond donors (Lipinski definition) is 1. The van der Waals surface area contributed by atoms with Gasteiger partial charge in [-0.15, -0.1) is 0 Å². The van der Waals surface area contributed by atoms with E-state index in [1.54, 1.807) is 13.1 Å². The first kappa shape index (κ1) is 21.4. The van der Waals surface area contributed by atoms with Gasteiger partial charge in [0.2, 0.25) is 0 Å². The number of pyridine rings is 2. The second-order valence-corrected chi connectivity index (χ2v) is 7.28. The molecule has 1 saturated heterocycles. The molecule has 158 valence electrons. The van der Waals surface area contributed by atoms with Crippen molar-refractivity contribution < 1.29 is 19.1 Å². The van der Waals surface area contributed by atoms with E-state index in [0.29, 0.717) is 30.6 Å². The molecule has 1 N–H and O–H groups in total. The van der Waals surface area contributed by atoms with Crippen LogP contribution in [0.4, 0.5) is 0 Å². The number of aromatic nitrogens is 3. The number of oxazole rings is 1. The number of carboxylic acid groups (broad SMARTS) is 1. The van der Waals surface area contributed by atoms with E-state index in [-0.39, 0.29) is 12.4 Å². The lowest BCUT2D eigenvalue weighted by atomic mass is 9.98. The summed E-state index contributed by atoms with van der Waals surface area (Å²) < 4.78 is 5.22. The predicted molar refractivity (Wildman–Crippen MR) is 110 cm³/mol. The minimum Gasteiger partial charge on any atom is -0.483 e. The van der Waals surface area contributed by atoms with E-state index in [4.69, 9.17) is 14.3 Å². The predicted octanol–water partition coefficient (Wildman–Crippen LogP) is 1.87. The second kappa shape index (κ2) is 9.93. The standard InChI is InChI=1S/C20H23N5O2.CH2O2/c1-14-23-18(13-27-14)20(26)25-9-8-24(2)11-15(12-25)10-16-5-7-21-17-4-3-6-22-19(16)17;2-1-3/h3-7,13,15H,8-12H2,1-2H3;1H,(H,2,3). The Morgan fingerprint density at radius 3 is 2.80 bits per heavy atom. The smallest absolute Gasteiger partial charge is 0.290 e. The monoisotopic (exact) mass is 411 g/mol. The van der Waals surface area contributed by atoms with Gasteiger partial charge in [-0.3, -0.25) is 19.6 Å².